The van der Waals surface area contributed by atoms with Crippen molar-refractivity contribution in [2.24, 2.45) is 0 Å². The molecule has 0 heterocycles. The van der Waals surface area contributed by atoms with Crippen molar-refractivity contribution in [2.45, 2.75) is 11.2 Å². The van der Waals surface area contributed by atoms with Crippen molar-refractivity contribution in [1.82, 2.24) is 5.23 Å². The van der Waals surface area contributed by atoms with E-state index in [1.807, 2.05) is 30.3 Å². The summed E-state index contributed by atoms with van der Waals surface area (Å²) in [5.41, 5.74) is 1.07. The highest BCUT2D eigenvalue weighted by molar-refractivity contribution is 9.10. The molecule has 5 heteroatoms. The molecular formula is C11H14BrNO3. The Morgan fingerprint density at radius 2 is 1.88 bits per heavy atom. The predicted molar refractivity (Wildman–Crippen MR) is 63.7 cm³/mol. The average Bonchev–Trinajstić information content (AvgIpc) is 2.31. The van der Waals surface area contributed by atoms with Gasteiger partial charge in [-0.05, 0) is 12.0 Å². The third-order valence-electron chi connectivity index (χ3n) is 2.04. The second-order valence-electron chi connectivity index (χ2n) is 3.12. The highest BCUT2D eigenvalue weighted by Crippen LogP contribution is 2.13. The van der Waals surface area contributed by atoms with Gasteiger partial charge in [0, 0.05) is 0 Å². The molecule has 1 rings (SSSR count). The van der Waals surface area contributed by atoms with Crippen LogP contribution in [0.3, 0.4) is 0 Å². The Bertz CT molecular complexity index is 327. The first-order valence-electron chi connectivity index (χ1n) is 4.79. The summed E-state index contributed by atoms with van der Waals surface area (Å²) < 4.78 is 0. The van der Waals surface area contributed by atoms with Crippen LogP contribution in [0.5, 0.6) is 0 Å². The molecule has 1 unspecified atom stereocenters. The topological polar surface area (TPSA) is 38.8 Å². The van der Waals surface area contributed by atoms with Crippen LogP contribution in [0, 0.1) is 0 Å². The fourth-order valence-corrected chi connectivity index (χ4v) is 1.82. The molecule has 1 aromatic carbocycles. The van der Waals surface area contributed by atoms with Crippen LogP contribution >= 0.6 is 15.9 Å². The van der Waals surface area contributed by atoms with Crippen molar-refractivity contribution in [3.8, 4) is 0 Å². The number of carbonyl (C=O) groups is 1. The van der Waals surface area contributed by atoms with Crippen LogP contribution in [0.4, 0.5) is 0 Å². The first-order chi connectivity index (χ1) is 7.69. The zero-order chi connectivity index (χ0) is 12.0. The third-order valence-corrected chi connectivity index (χ3v) is 2.75. The van der Waals surface area contributed by atoms with E-state index in [1.54, 1.807) is 0 Å². The molecular weight excluding hydrogens is 274 g/mol. The number of hydrogen-bond acceptors (Lipinski definition) is 3. The van der Waals surface area contributed by atoms with Gasteiger partial charge in [-0.15, -0.1) is 0 Å². The molecule has 0 aliphatic rings. The van der Waals surface area contributed by atoms with Gasteiger partial charge >= 0.3 is 0 Å². The van der Waals surface area contributed by atoms with Gasteiger partial charge in [0.25, 0.3) is 5.91 Å². The summed E-state index contributed by atoms with van der Waals surface area (Å²) in [5, 5.41) is 0.850. The van der Waals surface area contributed by atoms with E-state index in [1.165, 1.54) is 14.2 Å². The fraction of sp³-hybridized carbons (Fsp3) is 0.364. The zero-order valence-electron chi connectivity index (χ0n) is 9.22. The van der Waals surface area contributed by atoms with E-state index < -0.39 is 0 Å². The Morgan fingerprint density at radius 3 is 2.38 bits per heavy atom. The van der Waals surface area contributed by atoms with Crippen molar-refractivity contribution in [2.75, 3.05) is 14.2 Å². The van der Waals surface area contributed by atoms with Gasteiger partial charge in [0.05, 0.1) is 14.2 Å². The highest BCUT2D eigenvalue weighted by Gasteiger charge is 2.22. The molecule has 0 aliphatic carbocycles. The van der Waals surface area contributed by atoms with Gasteiger partial charge in [0.2, 0.25) is 0 Å². The maximum absolute atomic E-state index is 11.7. The molecule has 1 amide bonds. The molecule has 0 saturated carbocycles. The van der Waals surface area contributed by atoms with Gasteiger partial charge in [-0.25, -0.2) is 9.68 Å². The summed E-state index contributed by atoms with van der Waals surface area (Å²) in [7, 11) is 2.76. The molecule has 0 aliphatic heterocycles. The second-order valence-corrected chi connectivity index (χ2v) is 4.22. The van der Waals surface area contributed by atoms with E-state index in [9.17, 15) is 4.79 Å². The van der Waals surface area contributed by atoms with Crippen molar-refractivity contribution >= 4 is 21.8 Å². The number of rotatable bonds is 5. The summed E-state index contributed by atoms with van der Waals surface area (Å²) >= 11 is 3.31. The summed E-state index contributed by atoms with van der Waals surface area (Å²) in [4.78, 5) is 20.9. The molecule has 0 spiro atoms. The van der Waals surface area contributed by atoms with E-state index in [0.717, 1.165) is 10.8 Å². The van der Waals surface area contributed by atoms with E-state index >= 15 is 0 Å². The summed E-state index contributed by atoms with van der Waals surface area (Å²) in [6.45, 7) is 0. The number of hydroxylamine groups is 2. The Hall–Kier alpha value is -0.910. The molecule has 0 aromatic heterocycles. The van der Waals surface area contributed by atoms with Gasteiger partial charge < -0.3 is 0 Å². The minimum atomic E-state index is -0.366. The molecule has 1 aromatic rings. The first-order valence-corrected chi connectivity index (χ1v) is 5.70. The molecule has 88 valence electrons. The van der Waals surface area contributed by atoms with E-state index in [0.29, 0.717) is 6.42 Å². The quantitative estimate of drug-likeness (QED) is 0.614. The standard InChI is InChI=1S/C11H14BrNO3/c1-15-13(16-2)11(14)10(12)8-9-6-4-3-5-7-9/h3-7,10H,8H2,1-2H3. The first kappa shape index (κ1) is 13.2. The van der Waals surface area contributed by atoms with Gasteiger partial charge in [-0.3, -0.25) is 4.79 Å². The molecule has 0 radical (unpaired) electrons. The largest absolute Gasteiger partial charge is 0.287 e. The maximum Gasteiger partial charge on any atom is 0.287 e. The zero-order valence-corrected chi connectivity index (χ0v) is 10.8. The van der Waals surface area contributed by atoms with E-state index in [2.05, 4.69) is 15.9 Å². The Kier molecular flexibility index (Phi) is 5.45. The lowest BCUT2D eigenvalue weighted by molar-refractivity contribution is -0.316. The normalized spacial score (nSPS) is 12.2. The van der Waals surface area contributed by atoms with Gasteiger partial charge in [-0.1, -0.05) is 51.5 Å². The van der Waals surface area contributed by atoms with Crippen LogP contribution in [-0.2, 0) is 20.9 Å². The Morgan fingerprint density at radius 1 is 1.31 bits per heavy atom. The SMILES string of the molecule is CON(OC)C(=O)C(Br)Cc1ccccc1. The molecule has 0 N–H and O–H groups in total. The molecule has 0 fully saturated rings. The monoisotopic (exact) mass is 287 g/mol. The van der Waals surface area contributed by atoms with Crippen LogP contribution in [0.2, 0.25) is 0 Å². The molecule has 0 saturated heterocycles. The van der Waals surface area contributed by atoms with Crippen LogP contribution in [0.15, 0.2) is 30.3 Å². The number of hydrogen-bond donors (Lipinski definition) is 0. The van der Waals surface area contributed by atoms with Gasteiger partial charge in [-0.2, -0.15) is 0 Å². The van der Waals surface area contributed by atoms with E-state index in [4.69, 9.17) is 9.68 Å². The number of nitrogens with zero attached hydrogens (tertiary/aromatic N) is 1. The van der Waals surface area contributed by atoms with Crippen LogP contribution in [0.1, 0.15) is 5.56 Å². The number of alkyl halides is 1. The minimum Gasteiger partial charge on any atom is -0.269 e. The molecule has 1 atom stereocenters. The van der Waals surface area contributed by atoms with Gasteiger partial charge in [0.15, 0.2) is 0 Å². The smallest absolute Gasteiger partial charge is 0.269 e. The lowest BCUT2D eigenvalue weighted by atomic mass is 10.1. The number of amides is 1. The summed E-state index contributed by atoms with van der Waals surface area (Å²) in [5.74, 6) is -0.270. The van der Waals surface area contributed by atoms with Crippen molar-refractivity contribution in [3.05, 3.63) is 35.9 Å². The maximum atomic E-state index is 11.7. The van der Waals surface area contributed by atoms with Crippen molar-refractivity contribution in [3.63, 3.8) is 0 Å². The Labute approximate surface area is 103 Å². The van der Waals surface area contributed by atoms with Gasteiger partial charge in [0.1, 0.15) is 4.83 Å². The second kappa shape index (κ2) is 6.62. The average molecular weight is 288 g/mol. The van der Waals surface area contributed by atoms with E-state index in [-0.39, 0.29) is 10.7 Å². The van der Waals surface area contributed by atoms with Crippen LogP contribution in [0.25, 0.3) is 0 Å². The fourth-order valence-electron chi connectivity index (χ4n) is 1.28. The summed E-state index contributed by atoms with van der Waals surface area (Å²) in [6, 6.07) is 9.73. The molecule has 16 heavy (non-hydrogen) atoms. The minimum absolute atomic E-state index is 0.270. The van der Waals surface area contributed by atoms with Crippen LogP contribution < -0.4 is 0 Å². The molecule has 4 nitrogen and oxygen atoms in total. The lowest BCUT2D eigenvalue weighted by Gasteiger charge is -2.18. The lowest BCUT2D eigenvalue weighted by Crippen LogP contribution is -2.35. The van der Waals surface area contributed by atoms with Crippen molar-refractivity contribution in [1.29, 1.82) is 0 Å². The number of benzene rings is 1. The number of halogens is 1. The summed E-state index contributed by atoms with van der Waals surface area (Å²) in [6.07, 6.45) is 0.586. The number of carbonyl (C=O) groups excluding carboxylic acids is 1. The Balaban J connectivity index is 2.58. The van der Waals surface area contributed by atoms with Crippen molar-refractivity contribution < 1.29 is 14.5 Å². The van der Waals surface area contributed by atoms with Crippen LogP contribution in [-0.4, -0.2) is 30.2 Å². The third kappa shape index (κ3) is 3.59. The predicted octanol–water partition coefficient (Wildman–Crippen LogP) is 1.94. The highest BCUT2D eigenvalue weighted by atomic mass is 79.9. The molecule has 0 bridgehead atoms.